The van der Waals surface area contributed by atoms with Crippen LogP contribution in [0.4, 0.5) is 23.4 Å². The molecule has 27 heavy (non-hydrogen) atoms. The number of fused-ring (bicyclic) bond motifs is 1. The number of aromatic nitrogens is 2. The number of nitrogens with one attached hydrogen (secondary N) is 1. The molecule has 0 unspecified atom stereocenters. The van der Waals surface area contributed by atoms with Gasteiger partial charge in [0.15, 0.2) is 0 Å². The van der Waals surface area contributed by atoms with E-state index in [0.717, 1.165) is 17.7 Å². The van der Waals surface area contributed by atoms with Gasteiger partial charge in [0.25, 0.3) is 0 Å². The smallest absolute Gasteiger partial charge is 0.369 e. The summed E-state index contributed by atoms with van der Waals surface area (Å²) in [7, 11) is 0. The Morgan fingerprint density at radius 2 is 1.85 bits per heavy atom. The van der Waals surface area contributed by atoms with Gasteiger partial charge in [0.05, 0.1) is 22.0 Å². The van der Waals surface area contributed by atoms with Crippen LogP contribution in [-0.2, 0) is 12.6 Å². The van der Waals surface area contributed by atoms with Crippen LogP contribution in [0.3, 0.4) is 0 Å². The first-order valence-electron chi connectivity index (χ1n) is 7.94. The lowest BCUT2D eigenvalue weighted by Gasteiger charge is -2.15. The first kappa shape index (κ1) is 18.1. The predicted octanol–water partition coefficient (Wildman–Crippen LogP) is 5.97. The van der Waals surface area contributed by atoms with Gasteiger partial charge in [-0.15, -0.1) is 0 Å². The summed E-state index contributed by atoms with van der Waals surface area (Å²) in [5, 5.41) is 7.55. The van der Waals surface area contributed by atoms with E-state index in [1.807, 2.05) is 0 Å². The second kappa shape index (κ2) is 6.42. The Kier molecular flexibility index (Phi) is 4.31. The molecule has 0 bridgehead atoms. The average molecular weight is 416 g/mol. The largest absolute Gasteiger partial charge is 0.418 e. The molecular weight excluding hydrogens is 405 g/mol. The van der Waals surface area contributed by atoms with E-state index in [1.54, 1.807) is 0 Å². The highest BCUT2D eigenvalue weighted by Crippen LogP contribution is 2.41. The van der Waals surface area contributed by atoms with Gasteiger partial charge in [0.1, 0.15) is 11.6 Å². The predicted molar refractivity (Wildman–Crippen MR) is 96.2 cm³/mol. The van der Waals surface area contributed by atoms with Gasteiger partial charge in [0, 0.05) is 22.7 Å². The van der Waals surface area contributed by atoms with Crippen LogP contribution in [0, 0.1) is 5.82 Å². The van der Waals surface area contributed by atoms with E-state index in [2.05, 4.69) is 10.4 Å². The van der Waals surface area contributed by atoms with E-state index in [1.165, 1.54) is 28.9 Å². The maximum atomic E-state index is 13.5. The average Bonchev–Trinajstić information content (AvgIpc) is 3.17. The fourth-order valence-corrected chi connectivity index (χ4v) is 3.60. The molecule has 0 atom stereocenters. The van der Waals surface area contributed by atoms with E-state index in [4.69, 9.17) is 23.2 Å². The van der Waals surface area contributed by atoms with Crippen LogP contribution in [-0.4, -0.2) is 16.3 Å². The minimum absolute atomic E-state index is 0.0235. The molecule has 140 valence electrons. The van der Waals surface area contributed by atoms with Crippen molar-refractivity contribution in [2.24, 2.45) is 0 Å². The van der Waals surface area contributed by atoms with Gasteiger partial charge in [-0.3, -0.25) is 0 Å². The lowest BCUT2D eigenvalue weighted by molar-refractivity contribution is -0.137. The number of hydrogen-bond acceptors (Lipinski definition) is 2. The summed E-state index contributed by atoms with van der Waals surface area (Å²) in [4.78, 5) is 0. The minimum Gasteiger partial charge on any atom is -0.369 e. The molecule has 1 aromatic heterocycles. The second-order valence-corrected chi connectivity index (χ2v) is 6.89. The molecule has 1 aliphatic rings. The molecule has 1 N–H and O–H groups in total. The number of hydrogen-bond donors (Lipinski definition) is 1. The van der Waals surface area contributed by atoms with E-state index in [0.29, 0.717) is 30.0 Å². The van der Waals surface area contributed by atoms with Crippen molar-refractivity contribution in [2.75, 3.05) is 11.9 Å². The Labute approximate surface area is 161 Å². The summed E-state index contributed by atoms with van der Waals surface area (Å²) in [6.07, 6.45) is -4.04. The molecule has 2 heterocycles. The third-order valence-corrected chi connectivity index (χ3v) is 4.88. The zero-order chi connectivity index (χ0) is 19.3. The summed E-state index contributed by atoms with van der Waals surface area (Å²) >= 11 is 11.9. The van der Waals surface area contributed by atoms with Crippen molar-refractivity contribution >= 4 is 29.0 Å². The Balaban J connectivity index is 1.95. The third kappa shape index (κ3) is 3.15. The van der Waals surface area contributed by atoms with Crippen LogP contribution in [0.5, 0.6) is 0 Å². The van der Waals surface area contributed by atoms with Gasteiger partial charge in [-0.05, 0) is 42.8 Å². The van der Waals surface area contributed by atoms with E-state index >= 15 is 0 Å². The Morgan fingerprint density at radius 3 is 2.56 bits per heavy atom. The lowest BCUT2D eigenvalue weighted by atomic mass is 10.1. The van der Waals surface area contributed by atoms with Crippen molar-refractivity contribution in [3.63, 3.8) is 0 Å². The summed E-state index contributed by atoms with van der Waals surface area (Å²) in [5.41, 5.74) is 0.557. The van der Waals surface area contributed by atoms with Gasteiger partial charge in [-0.1, -0.05) is 23.2 Å². The highest BCUT2D eigenvalue weighted by Gasteiger charge is 2.36. The second-order valence-electron chi connectivity index (χ2n) is 6.05. The first-order chi connectivity index (χ1) is 12.8. The molecule has 3 nitrogen and oxygen atoms in total. The number of anilines is 1. The highest BCUT2D eigenvalue weighted by molar-refractivity contribution is 6.33. The molecule has 0 aliphatic carbocycles. The number of halogens is 6. The van der Waals surface area contributed by atoms with Crippen molar-refractivity contribution in [1.82, 2.24) is 9.78 Å². The van der Waals surface area contributed by atoms with E-state index in [-0.39, 0.29) is 15.7 Å². The monoisotopic (exact) mass is 415 g/mol. The standard InChI is InChI=1S/C18H11Cl2F4N3/c19-9-1-4-15(13(7-9)18(22,23)24)27-17-12(5-6-25-17)16(26-27)11-3-2-10(21)8-14(11)20/h1-4,7-8,25H,5-6H2. The van der Waals surface area contributed by atoms with Gasteiger partial charge in [-0.25, -0.2) is 9.07 Å². The van der Waals surface area contributed by atoms with Crippen molar-refractivity contribution < 1.29 is 17.6 Å². The summed E-state index contributed by atoms with van der Waals surface area (Å²) in [6, 6.07) is 7.36. The van der Waals surface area contributed by atoms with E-state index < -0.39 is 17.6 Å². The highest BCUT2D eigenvalue weighted by atomic mass is 35.5. The number of benzene rings is 2. The summed E-state index contributed by atoms with van der Waals surface area (Å²) in [5.74, 6) is -0.0479. The molecule has 0 saturated heterocycles. The normalized spacial score (nSPS) is 13.6. The number of alkyl halides is 3. The van der Waals surface area contributed by atoms with Gasteiger partial charge >= 0.3 is 6.18 Å². The van der Waals surface area contributed by atoms with E-state index in [9.17, 15) is 17.6 Å². The molecule has 4 rings (SSSR count). The Bertz CT molecular complexity index is 1040. The summed E-state index contributed by atoms with van der Waals surface area (Å²) < 4.78 is 55.1. The van der Waals surface area contributed by atoms with Crippen molar-refractivity contribution in [3.05, 3.63) is 63.4 Å². The number of nitrogens with zero attached hydrogens (tertiary/aromatic N) is 2. The molecule has 0 spiro atoms. The maximum absolute atomic E-state index is 13.5. The third-order valence-electron chi connectivity index (χ3n) is 4.33. The minimum atomic E-state index is -4.61. The fraction of sp³-hybridized carbons (Fsp3) is 0.167. The molecule has 3 aromatic rings. The lowest BCUT2D eigenvalue weighted by Crippen LogP contribution is -2.13. The topological polar surface area (TPSA) is 29.9 Å². The van der Waals surface area contributed by atoms with Crippen LogP contribution >= 0.6 is 23.2 Å². The van der Waals surface area contributed by atoms with Gasteiger partial charge in [-0.2, -0.15) is 18.3 Å². The zero-order valence-corrected chi connectivity index (χ0v) is 15.1. The molecule has 0 amide bonds. The maximum Gasteiger partial charge on any atom is 0.418 e. The van der Waals surface area contributed by atoms with Crippen molar-refractivity contribution in [1.29, 1.82) is 0 Å². The molecule has 0 saturated carbocycles. The molecular formula is C18H11Cl2F4N3. The summed E-state index contributed by atoms with van der Waals surface area (Å²) in [6.45, 7) is 0.550. The van der Waals surface area contributed by atoms with Crippen molar-refractivity contribution in [2.45, 2.75) is 12.6 Å². The molecule has 9 heteroatoms. The quantitative estimate of drug-likeness (QED) is 0.522. The fourth-order valence-electron chi connectivity index (χ4n) is 3.17. The molecule has 0 radical (unpaired) electrons. The SMILES string of the molecule is Fc1ccc(-c2nn(-c3ccc(Cl)cc3C(F)(F)F)c3c2CCN3)c(Cl)c1. The van der Waals surface area contributed by atoms with Crippen LogP contribution in [0.2, 0.25) is 10.0 Å². The Hall–Kier alpha value is -2.25. The van der Waals surface area contributed by atoms with Gasteiger partial charge in [0.2, 0.25) is 0 Å². The van der Waals surface area contributed by atoms with Crippen LogP contribution in [0.25, 0.3) is 16.9 Å². The molecule has 2 aromatic carbocycles. The Morgan fingerprint density at radius 1 is 1.07 bits per heavy atom. The zero-order valence-electron chi connectivity index (χ0n) is 13.5. The number of rotatable bonds is 2. The van der Waals surface area contributed by atoms with Crippen LogP contribution < -0.4 is 5.32 Å². The van der Waals surface area contributed by atoms with Crippen LogP contribution in [0.15, 0.2) is 36.4 Å². The first-order valence-corrected chi connectivity index (χ1v) is 8.69. The molecule has 0 fully saturated rings. The molecule has 1 aliphatic heterocycles. The van der Waals surface area contributed by atoms with Gasteiger partial charge < -0.3 is 5.32 Å². The van der Waals surface area contributed by atoms with Crippen molar-refractivity contribution in [3.8, 4) is 16.9 Å². The van der Waals surface area contributed by atoms with Crippen LogP contribution in [0.1, 0.15) is 11.1 Å².